The summed E-state index contributed by atoms with van der Waals surface area (Å²) in [5.74, 6) is 0.589. The van der Waals surface area contributed by atoms with E-state index in [4.69, 9.17) is 14.2 Å². The molecule has 3 fully saturated rings. The van der Waals surface area contributed by atoms with Crippen LogP contribution in [0.15, 0.2) is 0 Å². The molecular formula is C13H21O3Si. The monoisotopic (exact) mass is 253 g/mol. The Morgan fingerprint density at radius 3 is 2.71 bits per heavy atom. The molecule has 17 heavy (non-hydrogen) atoms. The Bertz CT molecular complexity index is 274. The molecule has 0 amide bonds. The normalized spacial score (nSPS) is 42.7. The molecule has 0 spiro atoms. The lowest BCUT2D eigenvalue weighted by atomic mass is 9.84. The van der Waals surface area contributed by atoms with Crippen LogP contribution in [0.4, 0.5) is 0 Å². The highest BCUT2D eigenvalue weighted by atomic mass is 28.1. The third-order valence-electron chi connectivity index (χ3n) is 4.60. The third kappa shape index (κ3) is 2.20. The van der Waals surface area contributed by atoms with E-state index in [2.05, 4.69) is 17.2 Å². The van der Waals surface area contributed by atoms with Gasteiger partial charge in [-0.3, -0.25) is 0 Å². The molecule has 0 N–H and O–H groups in total. The Kier molecular flexibility index (Phi) is 3.32. The molecule has 3 heterocycles. The van der Waals surface area contributed by atoms with Crippen molar-refractivity contribution in [3.63, 3.8) is 0 Å². The zero-order valence-corrected chi connectivity index (χ0v) is 11.5. The minimum absolute atomic E-state index is 0.311. The SMILES string of the molecule is CCC1(COCC2CC3CC([Si])C2O3)COC1. The topological polar surface area (TPSA) is 27.7 Å². The molecule has 3 rings (SSSR count). The van der Waals surface area contributed by atoms with Gasteiger partial charge in [0.05, 0.1) is 38.6 Å². The van der Waals surface area contributed by atoms with Gasteiger partial charge in [-0.25, -0.2) is 0 Å². The number of hydrogen-bond donors (Lipinski definition) is 0. The largest absolute Gasteiger partial charge is 0.380 e. The zero-order valence-electron chi connectivity index (χ0n) is 10.5. The van der Waals surface area contributed by atoms with Gasteiger partial charge in [-0.05, 0) is 24.8 Å². The first-order valence-corrected chi connectivity index (χ1v) is 7.32. The highest BCUT2D eigenvalue weighted by molar-refractivity contribution is 6.12. The van der Waals surface area contributed by atoms with Gasteiger partial charge in [0.1, 0.15) is 0 Å². The minimum Gasteiger partial charge on any atom is -0.380 e. The van der Waals surface area contributed by atoms with Crippen LogP contribution in [0.1, 0.15) is 26.2 Å². The summed E-state index contributed by atoms with van der Waals surface area (Å²) in [7, 11) is 3.76. The van der Waals surface area contributed by atoms with Crippen molar-refractivity contribution in [2.24, 2.45) is 11.3 Å². The second kappa shape index (κ2) is 4.65. The Balaban J connectivity index is 1.43. The average molecular weight is 253 g/mol. The predicted molar refractivity (Wildman–Crippen MR) is 65.3 cm³/mol. The Labute approximate surface area is 107 Å². The van der Waals surface area contributed by atoms with Gasteiger partial charge in [-0.1, -0.05) is 6.92 Å². The minimum atomic E-state index is 0.311. The summed E-state index contributed by atoms with van der Waals surface area (Å²) >= 11 is 0. The van der Waals surface area contributed by atoms with Crippen molar-refractivity contribution >= 4 is 10.2 Å². The van der Waals surface area contributed by atoms with Gasteiger partial charge >= 0.3 is 0 Å². The van der Waals surface area contributed by atoms with E-state index in [-0.39, 0.29) is 0 Å². The summed E-state index contributed by atoms with van der Waals surface area (Å²) in [6.07, 6.45) is 4.36. The van der Waals surface area contributed by atoms with Crippen LogP contribution in [0, 0.1) is 11.3 Å². The van der Waals surface area contributed by atoms with E-state index in [0.717, 1.165) is 32.8 Å². The Hall–Kier alpha value is 0.0969. The maximum absolute atomic E-state index is 5.94. The molecule has 2 bridgehead atoms. The van der Waals surface area contributed by atoms with Crippen LogP contribution in [0.25, 0.3) is 0 Å². The molecule has 3 aliphatic rings. The van der Waals surface area contributed by atoms with Crippen molar-refractivity contribution in [1.29, 1.82) is 0 Å². The summed E-state index contributed by atoms with van der Waals surface area (Å²) in [4.78, 5) is 0. The van der Waals surface area contributed by atoms with Gasteiger partial charge < -0.3 is 14.2 Å². The highest BCUT2D eigenvalue weighted by Crippen LogP contribution is 2.44. The van der Waals surface area contributed by atoms with Crippen LogP contribution in [0.3, 0.4) is 0 Å². The third-order valence-corrected chi connectivity index (χ3v) is 5.16. The van der Waals surface area contributed by atoms with E-state index >= 15 is 0 Å². The fourth-order valence-electron chi connectivity index (χ4n) is 3.22. The van der Waals surface area contributed by atoms with E-state index in [1.165, 1.54) is 12.8 Å². The second-order valence-corrected chi connectivity index (χ2v) is 6.66. The Morgan fingerprint density at radius 1 is 1.35 bits per heavy atom. The maximum Gasteiger partial charge on any atom is 0.0628 e. The summed E-state index contributed by atoms with van der Waals surface area (Å²) < 4.78 is 17.1. The molecule has 0 aromatic carbocycles. The fourth-order valence-corrected chi connectivity index (χ4v) is 3.84. The lowest BCUT2D eigenvalue weighted by Crippen LogP contribution is -2.46. The van der Waals surface area contributed by atoms with Crippen LogP contribution < -0.4 is 0 Å². The molecule has 3 nitrogen and oxygen atoms in total. The van der Waals surface area contributed by atoms with E-state index in [9.17, 15) is 0 Å². The zero-order chi connectivity index (χ0) is 11.9. The predicted octanol–water partition coefficient (Wildman–Crippen LogP) is 1.56. The van der Waals surface area contributed by atoms with Crippen molar-refractivity contribution in [3.05, 3.63) is 0 Å². The standard InChI is InChI=1S/C13H21O3Si/c1-2-13(7-15-8-13)6-14-5-9-3-10-4-11(17)12(9)16-10/h9-12H,2-8H2,1H3. The van der Waals surface area contributed by atoms with Crippen LogP contribution in [0.5, 0.6) is 0 Å². The van der Waals surface area contributed by atoms with Crippen LogP contribution in [-0.2, 0) is 14.2 Å². The average Bonchev–Trinajstić information content (AvgIpc) is 2.80. The lowest BCUT2D eigenvalue weighted by Gasteiger charge is -2.40. The number of fused-ring (bicyclic) bond motifs is 2. The molecule has 4 unspecified atom stereocenters. The van der Waals surface area contributed by atoms with Crippen molar-refractivity contribution < 1.29 is 14.2 Å². The first-order chi connectivity index (χ1) is 8.22. The molecule has 0 aromatic rings. The summed E-state index contributed by atoms with van der Waals surface area (Å²) in [5, 5.41) is 0. The summed E-state index contributed by atoms with van der Waals surface area (Å²) in [5.41, 5.74) is 0.848. The van der Waals surface area contributed by atoms with Crippen molar-refractivity contribution in [3.8, 4) is 0 Å². The van der Waals surface area contributed by atoms with Crippen LogP contribution >= 0.6 is 0 Å². The molecule has 0 aromatic heterocycles. The van der Waals surface area contributed by atoms with Gasteiger partial charge in [0, 0.05) is 21.6 Å². The molecule has 0 saturated carbocycles. The molecular weight excluding hydrogens is 232 g/mol. The molecule has 3 radical (unpaired) electrons. The molecule has 3 saturated heterocycles. The maximum atomic E-state index is 5.94. The smallest absolute Gasteiger partial charge is 0.0628 e. The van der Waals surface area contributed by atoms with Gasteiger partial charge in [0.15, 0.2) is 0 Å². The summed E-state index contributed by atoms with van der Waals surface area (Å²) in [6, 6.07) is 0. The number of hydrogen-bond acceptors (Lipinski definition) is 3. The molecule has 0 aliphatic carbocycles. The van der Waals surface area contributed by atoms with Gasteiger partial charge in [0.25, 0.3) is 0 Å². The van der Waals surface area contributed by atoms with E-state index in [1.54, 1.807) is 0 Å². The van der Waals surface area contributed by atoms with E-state index in [1.807, 2.05) is 0 Å². The van der Waals surface area contributed by atoms with E-state index in [0.29, 0.717) is 29.1 Å². The molecule has 4 heteroatoms. The number of ether oxygens (including phenoxy) is 3. The van der Waals surface area contributed by atoms with E-state index < -0.39 is 0 Å². The van der Waals surface area contributed by atoms with Crippen molar-refractivity contribution in [1.82, 2.24) is 0 Å². The summed E-state index contributed by atoms with van der Waals surface area (Å²) in [6.45, 7) is 5.67. The highest BCUT2D eigenvalue weighted by Gasteiger charge is 2.45. The first-order valence-electron chi connectivity index (χ1n) is 6.74. The van der Waals surface area contributed by atoms with Crippen molar-refractivity contribution in [2.75, 3.05) is 26.4 Å². The van der Waals surface area contributed by atoms with Gasteiger partial charge in [-0.2, -0.15) is 0 Å². The fraction of sp³-hybridized carbons (Fsp3) is 1.00. The van der Waals surface area contributed by atoms with Crippen LogP contribution in [-0.4, -0.2) is 48.9 Å². The van der Waals surface area contributed by atoms with Crippen LogP contribution in [0.2, 0.25) is 5.54 Å². The first kappa shape index (κ1) is 12.1. The quantitative estimate of drug-likeness (QED) is 0.696. The second-order valence-electron chi connectivity index (χ2n) is 5.92. The van der Waals surface area contributed by atoms with Gasteiger partial charge in [-0.15, -0.1) is 0 Å². The van der Waals surface area contributed by atoms with Gasteiger partial charge in [0.2, 0.25) is 0 Å². The molecule has 95 valence electrons. The van der Waals surface area contributed by atoms with Crippen molar-refractivity contribution in [2.45, 2.75) is 43.9 Å². The molecule has 4 atom stereocenters. The lowest BCUT2D eigenvalue weighted by molar-refractivity contribution is -0.153. The molecule has 3 aliphatic heterocycles. The number of rotatable bonds is 5. The Morgan fingerprint density at radius 2 is 2.18 bits per heavy atom.